The molecule has 1 aliphatic rings. The number of halogens is 2. The van der Waals surface area contributed by atoms with Crippen LogP contribution in [0, 0.1) is 11.6 Å². The van der Waals surface area contributed by atoms with E-state index in [9.17, 15) is 8.78 Å². The van der Waals surface area contributed by atoms with E-state index < -0.39 is 17.2 Å². The Morgan fingerprint density at radius 3 is 1.92 bits per heavy atom. The predicted octanol–water partition coefficient (Wildman–Crippen LogP) is 6.27. The van der Waals surface area contributed by atoms with Crippen LogP contribution in [0.25, 0.3) is 0 Å². The third-order valence-electron chi connectivity index (χ3n) is 5.19. The van der Waals surface area contributed by atoms with E-state index in [1.807, 2.05) is 12.1 Å². The van der Waals surface area contributed by atoms with Crippen LogP contribution in [0.2, 0.25) is 0 Å². The Bertz CT molecular complexity index is 718. The van der Waals surface area contributed by atoms with Crippen molar-refractivity contribution < 1.29 is 13.5 Å². The summed E-state index contributed by atoms with van der Waals surface area (Å²) in [5, 5.41) is 0. The van der Waals surface area contributed by atoms with Gasteiger partial charge in [-0.2, -0.15) is 0 Å². The van der Waals surface area contributed by atoms with Gasteiger partial charge in [0.15, 0.2) is 0 Å². The SMILES string of the molecule is CC(C)c1ccc(C2(c3cc(F)c(C(C)C)c(F)c3)CCCO2)cc1. The van der Waals surface area contributed by atoms with Crippen molar-refractivity contribution in [3.63, 3.8) is 0 Å². The Balaban J connectivity index is 2.10. The van der Waals surface area contributed by atoms with Crippen molar-refractivity contribution in [1.82, 2.24) is 0 Å². The molecule has 1 nitrogen and oxygen atoms in total. The summed E-state index contributed by atoms with van der Waals surface area (Å²) >= 11 is 0. The van der Waals surface area contributed by atoms with Crippen molar-refractivity contribution in [3.8, 4) is 0 Å². The zero-order valence-electron chi connectivity index (χ0n) is 15.4. The van der Waals surface area contributed by atoms with Gasteiger partial charge in [-0.05, 0) is 53.5 Å². The summed E-state index contributed by atoms with van der Waals surface area (Å²) in [6, 6.07) is 11.1. The molecule has 1 unspecified atom stereocenters. The minimum atomic E-state index is -0.757. The molecule has 1 aliphatic heterocycles. The van der Waals surface area contributed by atoms with E-state index in [1.54, 1.807) is 13.8 Å². The van der Waals surface area contributed by atoms with Crippen molar-refractivity contribution in [2.75, 3.05) is 6.61 Å². The van der Waals surface area contributed by atoms with E-state index in [0.29, 0.717) is 18.1 Å². The summed E-state index contributed by atoms with van der Waals surface area (Å²) in [5.74, 6) is -0.730. The molecule has 25 heavy (non-hydrogen) atoms. The highest BCUT2D eigenvalue weighted by Crippen LogP contribution is 2.43. The zero-order chi connectivity index (χ0) is 18.2. The van der Waals surface area contributed by atoms with Crippen molar-refractivity contribution in [1.29, 1.82) is 0 Å². The van der Waals surface area contributed by atoms with Gasteiger partial charge < -0.3 is 4.74 Å². The molecule has 0 aromatic heterocycles. The summed E-state index contributed by atoms with van der Waals surface area (Å²) in [6.45, 7) is 8.49. The van der Waals surface area contributed by atoms with Gasteiger partial charge >= 0.3 is 0 Å². The first-order valence-corrected chi connectivity index (χ1v) is 9.09. The van der Waals surface area contributed by atoms with Crippen LogP contribution in [0.3, 0.4) is 0 Å². The van der Waals surface area contributed by atoms with Crippen molar-refractivity contribution in [2.24, 2.45) is 0 Å². The summed E-state index contributed by atoms with van der Waals surface area (Å²) in [7, 11) is 0. The Hall–Kier alpha value is -1.74. The first-order valence-electron chi connectivity index (χ1n) is 9.09. The van der Waals surface area contributed by atoms with E-state index in [-0.39, 0.29) is 11.5 Å². The van der Waals surface area contributed by atoms with E-state index in [0.717, 1.165) is 18.4 Å². The van der Waals surface area contributed by atoms with Crippen LogP contribution in [-0.2, 0) is 10.3 Å². The van der Waals surface area contributed by atoms with Crippen molar-refractivity contribution in [2.45, 2.75) is 58.0 Å². The van der Waals surface area contributed by atoms with Gasteiger partial charge in [0.25, 0.3) is 0 Å². The standard InChI is InChI=1S/C22H26F2O/c1-14(2)16-6-8-17(9-7-16)22(10-5-11-25-22)18-12-19(23)21(15(3)4)20(24)13-18/h6-9,12-15H,5,10-11H2,1-4H3. The van der Waals surface area contributed by atoms with E-state index in [2.05, 4.69) is 26.0 Å². The smallest absolute Gasteiger partial charge is 0.129 e. The highest BCUT2D eigenvalue weighted by atomic mass is 19.1. The summed E-state index contributed by atoms with van der Waals surface area (Å²) in [6.07, 6.45) is 1.61. The number of rotatable bonds is 4. The van der Waals surface area contributed by atoms with Gasteiger partial charge in [0.1, 0.15) is 17.2 Å². The fraction of sp³-hybridized carbons (Fsp3) is 0.455. The molecule has 1 atom stereocenters. The lowest BCUT2D eigenvalue weighted by atomic mass is 9.82. The predicted molar refractivity (Wildman–Crippen MR) is 96.9 cm³/mol. The Morgan fingerprint density at radius 1 is 0.880 bits per heavy atom. The maximum absolute atomic E-state index is 14.6. The highest BCUT2D eigenvalue weighted by Gasteiger charge is 2.40. The first-order chi connectivity index (χ1) is 11.8. The van der Waals surface area contributed by atoms with Gasteiger partial charge in [0.05, 0.1) is 0 Å². The number of benzene rings is 2. The minimum Gasteiger partial charge on any atom is -0.366 e. The van der Waals surface area contributed by atoms with E-state index in [4.69, 9.17) is 4.74 Å². The van der Waals surface area contributed by atoms with Crippen LogP contribution in [0.15, 0.2) is 36.4 Å². The van der Waals surface area contributed by atoms with Crippen LogP contribution in [0.5, 0.6) is 0 Å². The minimum absolute atomic E-state index is 0.145. The van der Waals surface area contributed by atoms with Crippen LogP contribution in [-0.4, -0.2) is 6.61 Å². The van der Waals surface area contributed by atoms with Crippen LogP contribution in [0.1, 0.15) is 74.6 Å². The third kappa shape index (κ3) is 3.22. The summed E-state index contributed by atoms with van der Waals surface area (Å²) in [4.78, 5) is 0. The summed E-state index contributed by atoms with van der Waals surface area (Å²) in [5.41, 5.74) is 2.16. The fourth-order valence-corrected chi connectivity index (χ4v) is 3.77. The molecule has 2 aromatic rings. The molecule has 0 bridgehead atoms. The number of hydrogen-bond acceptors (Lipinski definition) is 1. The number of hydrogen-bond donors (Lipinski definition) is 0. The summed E-state index contributed by atoms with van der Waals surface area (Å²) < 4.78 is 35.2. The molecule has 0 saturated carbocycles. The molecule has 0 N–H and O–H groups in total. The molecular weight excluding hydrogens is 318 g/mol. The molecule has 134 valence electrons. The average Bonchev–Trinajstić information content (AvgIpc) is 3.04. The van der Waals surface area contributed by atoms with Crippen molar-refractivity contribution in [3.05, 3.63) is 70.3 Å². The van der Waals surface area contributed by atoms with Gasteiger partial charge in [-0.3, -0.25) is 0 Å². The second-order valence-corrected chi connectivity index (χ2v) is 7.56. The largest absolute Gasteiger partial charge is 0.366 e. The van der Waals surface area contributed by atoms with Gasteiger partial charge in [-0.1, -0.05) is 52.0 Å². The quantitative estimate of drug-likeness (QED) is 0.635. The second-order valence-electron chi connectivity index (χ2n) is 7.56. The second kappa shape index (κ2) is 6.87. The molecule has 1 heterocycles. The molecule has 0 radical (unpaired) electrons. The lowest BCUT2D eigenvalue weighted by molar-refractivity contribution is 0.0354. The Labute approximate surface area is 149 Å². The van der Waals surface area contributed by atoms with Crippen LogP contribution < -0.4 is 0 Å². The molecule has 3 rings (SSSR count). The molecule has 0 aliphatic carbocycles. The van der Waals surface area contributed by atoms with E-state index >= 15 is 0 Å². The topological polar surface area (TPSA) is 9.23 Å². The molecule has 2 aromatic carbocycles. The monoisotopic (exact) mass is 344 g/mol. The number of ether oxygens (including phenoxy) is 1. The molecule has 0 amide bonds. The first kappa shape index (κ1) is 18.1. The molecule has 0 spiro atoms. The Kier molecular flexibility index (Phi) is 4.97. The molecule has 3 heteroatoms. The molecule has 1 saturated heterocycles. The van der Waals surface area contributed by atoms with Gasteiger partial charge in [0, 0.05) is 12.2 Å². The highest BCUT2D eigenvalue weighted by molar-refractivity contribution is 5.41. The van der Waals surface area contributed by atoms with Crippen LogP contribution in [0.4, 0.5) is 8.78 Å². The third-order valence-corrected chi connectivity index (χ3v) is 5.19. The average molecular weight is 344 g/mol. The van der Waals surface area contributed by atoms with E-state index in [1.165, 1.54) is 17.7 Å². The normalized spacial score (nSPS) is 20.6. The lowest BCUT2D eigenvalue weighted by Crippen LogP contribution is -2.27. The van der Waals surface area contributed by atoms with Gasteiger partial charge in [-0.25, -0.2) is 8.78 Å². The lowest BCUT2D eigenvalue weighted by Gasteiger charge is -2.30. The van der Waals surface area contributed by atoms with Crippen LogP contribution >= 0.6 is 0 Å². The molecule has 1 fully saturated rings. The fourth-order valence-electron chi connectivity index (χ4n) is 3.77. The van der Waals surface area contributed by atoms with Gasteiger partial charge in [-0.15, -0.1) is 0 Å². The van der Waals surface area contributed by atoms with Crippen molar-refractivity contribution >= 4 is 0 Å². The maximum atomic E-state index is 14.6. The molecular formula is C22H26F2O. The maximum Gasteiger partial charge on any atom is 0.129 e. The Morgan fingerprint density at radius 2 is 1.48 bits per heavy atom. The zero-order valence-corrected chi connectivity index (χ0v) is 15.4. The van der Waals surface area contributed by atoms with Gasteiger partial charge in [0.2, 0.25) is 0 Å².